The third-order valence-corrected chi connectivity index (χ3v) is 4.81. The number of nitrogens with zero attached hydrogens (tertiary/aromatic N) is 4. The summed E-state index contributed by atoms with van der Waals surface area (Å²) in [6.07, 6.45) is 0.624. The summed E-state index contributed by atoms with van der Waals surface area (Å²) in [4.78, 5) is 12.8. The molecule has 144 valence electrons. The van der Waals surface area contributed by atoms with Gasteiger partial charge in [0.25, 0.3) is 5.91 Å². The number of amides is 1. The molecule has 1 aromatic heterocycles. The van der Waals surface area contributed by atoms with E-state index >= 15 is 0 Å². The second-order valence-corrected chi connectivity index (χ2v) is 7.36. The molecule has 1 aliphatic rings. The average molecular weight is 377 g/mol. The normalized spacial score (nSPS) is 16.1. The van der Waals surface area contributed by atoms with Crippen molar-refractivity contribution in [2.24, 2.45) is 0 Å². The minimum Gasteiger partial charge on any atom is -0.358 e. The van der Waals surface area contributed by atoms with Gasteiger partial charge >= 0.3 is 0 Å². The molecule has 1 atom stereocenters. The molecule has 3 aromatic rings. The Labute approximate surface area is 163 Å². The molecule has 1 aliphatic heterocycles. The first-order valence-electron chi connectivity index (χ1n) is 9.44. The van der Waals surface area contributed by atoms with Gasteiger partial charge in [-0.3, -0.25) is 4.79 Å². The molecule has 0 radical (unpaired) electrons. The Kier molecular flexibility index (Phi) is 4.92. The van der Waals surface area contributed by atoms with Crippen molar-refractivity contribution in [3.8, 4) is 16.8 Å². The van der Waals surface area contributed by atoms with E-state index < -0.39 is 0 Å². The molecule has 0 aliphatic carbocycles. The molecule has 28 heavy (non-hydrogen) atoms. The molecule has 4 rings (SSSR count). The Morgan fingerprint density at radius 2 is 1.93 bits per heavy atom. The molecule has 0 saturated carbocycles. The summed E-state index contributed by atoms with van der Waals surface area (Å²) < 4.78 is 7.03. The van der Waals surface area contributed by atoms with Crippen molar-refractivity contribution >= 4 is 5.91 Å². The van der Waals surface area contributed by atoms with E-state index in [1.807, 2.05) is 51.1 Å². The number of hydrogen-bond donors (Lipinski definition) is 1. The number of tetrazole rings is 1. The van der Waals surface area contributed by atoms with Gasteiger partial charge in [0, 0.05) is 17.9 Å². The van der Waals surface area contributed by atoms with Gasteiger partial charge in [0.15, 0.2) is 5.82 Å². The minimum absolute atomic E-state index is 0.152. The first-order chi connectivity index (χ1) is 13.5. The van der Waals surface area contributed by atoms with Crippen LogP contribution in [-0.4, -0.2) is 38.9 Å². The van der Waals surface area contributed by atoms with E-state index in [2.05, 4.69) is 33.0 Å². The van der Waals surface area contributed by atoms with Crippen LogP contribution in [0.1, 0.15) is 47.9 Å². The topological polar surface area (TPSA) is 81.9 Å². The molecule has 7 heteroatoms. The summed E-state index contributed by atoms with van der Waals surface area (Å²) in [5.74, 6) is 0.729. The highest BCUT2D eigenvalue weighted by Crippen LogP contribution is 2.26. The second-order valence-electron chi connectivity index (χ2n) is 7.36. The monoisotopic (exact) mass is 377 g/mol. The van der Waals surface area contributed by atoms with Crippen molar-refractivity contribution in [2.45, 2.75) is 39.3 Å². The number of carbonyl (C=O) groups is 1. The highest BCUT2D eigenvalue weighted by Gasteiger charge is 2.22. The van der Waals surface area contributed by atoms with E-state index in [0.717, 1.165) is 29.1 Å². The zero-order valence-corrected chi connectivity index (χ0v) is 16.2. The van der Waals surface area contributed by atoms with Crippen LogP contribution < -0.4 is 5.32 Å². The lowest BCUT2D eigenvalue weighted by molar-refractivity contribution is -0.0647. The molecule has 2 heterocycles. The Bertz CT molecular complexity index is 990. The number of benzene rings is 2. The molecule has 1 amide bonds. The van der Waals surface area contributed by atoms with Crippen LogP contribution in [0.5, 0.6) is 0 Å². The van der Waals surface area contributed by atoms with Gasteiger partial charge in [-0.1, -0.05) is 43.7 Å². The fraction of sp³-hybridized carbons (Fsp3) is 0.333. The van der Waals surface area contributed by atoms with Gasteiger partial charge in [-0.2, -0.15) is 4.68 Å². The van der Waals surface area contributed by atoms with Crippen molar-refractivity contribution in [2.75, 3.05) is 6.61 Å². The van der Waals surface area contributed by atoms with E-state index in [9.17, 15) is 4.79 Å². The number of ether oxygens (including phenoxy) is 1. The molecule has 1 fully saturated rings. The summed E-state index contributed by atoms with van der Waals surface area (Å²) in [7, 11) is 0. The van der Waals surface area contributed by atoms with Gasteiger partial charge in [-0.15, -0.1) is 5.10 Å². The van der Waals surface area contributed by atoms with Crippen LogP contribution in [0, 0.1) is 6.92 Å². The molecule has 0 bridgehead atoms. The predicted molar refractivity (Wildman–Crippen MR) is 105 cm³/mol. The Balaban J connectivity index is 1.79. The molecule has 0 spiro atoms. The summed E-state index contributed by atoms with van der Waals surface area (Å²) in [6, 6.07) is 13.9. The fourth-order valence-corrected chi connectivity index (χ4v) is 3.09. The molecule has 1 saturated heterocycles. The van der Waals surface area contributed by atoms with Crippen molar-refractivity contribution in [3.05, 3.63) is 59.4 Å². The first-order valence-corrected chi connectivity index (χ1v) is 9.44. The largest absolute Gasteiger partial charge is 0.358 e. The van der Waals surface area contributed by atoms with Crippen molar-refractivity contribution in [3.63, 3.8) is 0 Å². The van der Waals surface area contributed by atoms with Crippen LogP contribution in [0.25, 0.3) is 16.8 Å². The lowest BCUT2D eigenvalue weighted by atomic mass is 10.0. The number of carbonyl (C=O) groups excluding carboxylic acids is 1. The minimum atomic E-state index is -0.210. The van der Waals surface area contributed by atoms with Crippen molar-refractivity contribution in [1.29, 1.82) is 0 Å². The van der Waals surface area contributed by atoms with Crippen LogP contribution in [0.3, 0.4) is 0 Å². The molecular formula is C21H23N5O2. The predicted octanol–water partition coefficient (Wildman–Crippen LogP) is 3.24. The lowest BCUT2D eigenvalue weighted by Gasteiger charge is -2.27. The molecule has 7 nitrogen and oxygen atoms in total. The van der Waals surface area contributed by atoms with Crippen LogP contribution >= 0.6 is 0 Å². The number of nitrogens with one attached hydrogen (secondary N) is 1. The van der Waals surface area contributed by atoms with Crippen LogP contribution in [0.15, 0.2) is 42.5 Å². The molecule has 1 unspecified atom stereocenters. The quantitative estimate of drug-likeness (QED) is 0.738. The van der Waals surface area contributed by atoms with Gasteiger partial charge in [-0.25, -0.2) is 0 Å². The van der Waals surface area contributed by atoms with Crippen molar-refractivity contribution in [1.82, 2.24) is 25.5 Å². The van der Waals surface area contributed by atoms with E-state index in [1.54, 1.807) is 4.68 Å². The smallest absolute Gasteiger partial charge is 0.253 e. The fourth-order valence-electron chi connectivity index (χ4n) is 3.09. The molecular weight excluding hydrogens is 354 g/mol. The number of aryl methyl sites for hydroxylation is 1. The zero-order chi connectivity index (χ0) is 19.7. The molecule has 2 aromatic carbocycles. The van der Waals surface area contributed by atoms with Gasteiger partial charge in [0.1, 0.15) is 6.23 Å². The van der Waals surface area contributed by atoms with Gasteiger partial charge in [-0.05, 0) is 46.7 Å². The van der Waals surface area contributed by atoms with Gasteiger partial charge < -0.3 is 10.1 Å². The highest BCUT2D eigenvalue weighted by molar-refractivity contribution is 5.96. The maximum absolute atomic E-state index is 12.8. The number of aromatic nitrogens is 4. The van der Waals surface area contributed by atoms with Crippen LogP contribution in [0.4, 0.5) is 0 Å². The summed E-state index contributed by atoms with van der Waals surface area (Å²) >= 11 is 0. The van der Waals surface area contributed by atoms with Crippen LogP contribution in [-0.2, 0) is 4.74 Å². The lowest BCUT2D eigenvalue weighted by Crippen LogP contribution is -2.44. The van der Waals surface area contributed by atoms with E-state index in [0.29, 0.717) is 12.2 Å². The van der Waals surface area contributed by atoms with E-state index in [4.69, 9.17) is 4.74 Å². The maximum Gasteiger partial charge on any atom is 0.253 e. The summed E-state index contributed by atoms with van der Waals surface area (Å²) in [5.41, 5.74) is 4.45. The van der Waals surface area contributed by atoms with Crippen LogP contribution in [0.2, 0.25) is 0 Å². The Hall–Kier alpha value is -3.06. The summed E-state index contributed by atoms with van der Waals surface area (Å²) in [5, 5.41) is 15.0. The Morgan fingerprint density at radius 1 is 1.18 bits per heavy atom. The second kappa shape index (κ2) is 7.52. The summed E-state index contributed by atoms with van der Waals surface area (Å²) in [6.45, 7) is 6.80. The highest BCUT2D eigenvalue weighted by atomic mass is 16.5. The number of hydrogen-bond acceptors (Lipinski definition) is 5. The zero-order valence-electron chi connectivity index (χ0n) is 16.2. The molecule has 1 N–H and O–H groups in total. The standard InChI is InChI=1S/C21H23N5O2/c1-13(2)20-23-24-25-26(20)18-11-16(15-6-4-14(3)5-7-15)10-17(12-18)21(27)22-19-8-9-28-19/h4-7,10-13,19H,8-9H2,1-3H3,(H,22,27). The van der Waals surface area contributed by atoms with Crippen molar-refractivity contribution < 1.29 is 9.53 Å². The SMILES string of the molecule is Cc1ccc(-c2cc(C(=O)NC3CCO3)cc(-n3nnnc3C(C)C)c2)cc1. The van der Waals surface area contributed by atoms with E-state index in [1.165, 1.54) is 5.56 Å². The van der Waals surface area contributed by atoms with E-state index in [-0.39, 0.29) is 18.1 Å². The Morgan fingerprint density at radius 3 is 2.57 bits per heavy atom. The van der Waals surface area contributed by atoms with Gasteiger partial charge in [0.05, 0.1) is 12.3 Å². The first kappa shape index (κ1) is 18.3. The number of rotatable bonds is 5. The average Bonchev–Trinajstić information content (AvgIpc) is 3.15. The third kappa shape index (κ3) is 3.66. The third-order valence-electron chi connectivity index (χ3n) is 4.81. The van der Waals surface area contributed by atoms with Gasteiger partial charge in [0.2, 0.25) is 0 Å². The maximum atomic E-state index is 12.8.